The first-order chi connectivity index (χ1) is 6.24. The molecule has 0 amide bonds. The summed E-state index contributed by atoms with van der Waals surface area (Å²) in [5, 5.41) is 0. The lowest BCUT2D eigenvalue weighted by molar-refractivity contribution is 0.631. The molecule has 0 unspecified atom stereocenters. The van der Waals surface area contributed by atoms with E-state index in [0.29, 0.717) is 5.69 Å². The molecule has 4 heteroatoms. The fourth-order valence-electron chi connectivity index (χ4n) is 0.801. The van der Waals surface area contributed by atoms with Gasteiger partial charge >= 0.3 is 0 Å². The van der Waals surface area contributed by atoms with Crippen LogP contribution in [0.1, 0.15) is 0 Å². The molecular formula is C9H10FN3. The van der Waals surface area contributed by atoms with Crippen molar-refractivity contribution in [2.75, 3.05) is 5.73 Å². The number of allylic oxidation sites excluding steroid dienone is 1. The number of nitrogens with two attached hydrogens (primary N) is 2. The molecular weight excluding hydrogens is 169 g/mol. The van der Waals surface area contributed by atoms with Gasteiger partial charge in [-0.05, 0) is 30.5 Å². The maximum absolute atomic E-state index is 13.0. The first-order valence-corrected chi connectivity index (χ1v) is 3.70. The lowest BCUT2D eigenvalue weighted by Crippen LogP contribution is -1.85. The molecule has 0 fully saturated rings. The maximum atomic E-state index is 13.0. The van der Waals surface area contributed by atoms with Gasteiger partial charge in [0.05, 0.1) is 5.69 Å². The minimum absolute atomic E-state index is 0.243. The molecule has 0 spiro atoms. The highest BCUT2D eigenvalue weighted by atomic mass is 19.1. The number of anilines is 1. The second-order valence-electron chi connectivity index (χ2n) is 2.37. The molecule has 0 saturated carbocycles. The van der Waals surface area contributed by atoms with Crippen LogP contribution in [0.2, 0.25) is 0 Å². The number of hydrogen-bond donors (Lipinski definition) is 2. The number of rotatable bonds is 2. The van der Waals surface area contributed by atoms with Crippen molar-refractivity contribution in [3.05, 3.63) is 36.3 Å². The van der Waals surface area contributed by atoms with Crippen LogP contribution in [0.5, 0.6) is 0 Å². The second-order valence-corrected chi connectivity index (χ2v) is 2.37. The van der Waals surface area contributed by atoms with E-state index in [1.165, 1.54) is 30.6 Å². The third kappa shape index (κ3) is 2.59. The van der Waals surface area contributed by atoms with E-state index >= 15 is 0 Å². The molecule has 0 radical (unpaired) electrons. The normalized spacial score (nSPS) is 11.5. The van der Waals surface area contributed by atoms with Crippen molar-refractivity contribution >= 4 is 17.6 Å². The zero-order valence-corrected chi connectivity index (χ0v) is 6.94. The van der Waals surface area contributed by atoms with E-state index < -0.39 is 5.82 Å². The molecule has 1 aromatic rings. The Morgan fingerprint density at radius 1 is 1.38 bits per heavy atom. The fourth-order valence-corrected chi connectivity index (χ4v) is 0.801. The Bertz CT molecular complexity index is 345. The standard InChI is InChI=1S/C9H10FN3/c10-8-6-7(12)2-3-9(8)13-5-1-4-11/h1-6H,11-12H2. The molecule has 1 aromatic carbocycles. The number of nitrogens with zero attached hydrogens (tertiary/aromatic N) is 1. The van der Waals surface area contributed by atoms with Crippen LogP contribution in [0.15, 0.2) is 35.5 Å². The van der Waals surface area contributed by atoms with Crippen LogP contribution in [-0.2, 0) is 0 Å². The van der Waals surface area contributed by atoms with Gasteiger partial charge in [-0.3, -0.25) is 4.99 Å². The van der Waals surface area contributed by atoms with Crippen molar-refractivity contribution in [3.63, 3.8) is 0 Å². The van der Waals surface area contributed by atoms with Crippen LogP contribution in [0.25, 0.3) is 0 Å². The number of aliphatic imine (C=N–C) groups is 1. The zero-order valence-electron chi connectivity index (χ0n) is 6.94. The van der Waals surface area contributed by atoms with Crippen LogP contribution >= 0.6 is 0 Å². The monoisotopic (exact) mass is 179 g/mol. The Morgan fingerprint density at radius 2 is 2.15 bits per heavy atom. The Hall–Kier alpha value is -1.84. The van der Waals surface area contributed by atoms with Gasteiger partial charge in [-0.2, -0.15) is 0 Å². The fraction of sp³-hybridized carbons (Fsp3) is 0. The molecule has 0 aliphatic carbocycles. The van der Waals surface area contributed by atoms with E-state index in [9.17, 15) is 4.39 Å². The van der Waals surface area contributed by atoms with E-state index in [2.05, 4.69) is 4.99 Å². The predicted octanol–water partition coefficient (Wildman–Crippen LogP) is 1.58. The van der Waals surface area contributed by atoms with Crippen LogP contribution in [0, 0.1) is 5.82 Å². The number of benzene rings is 1. The first kappa shape index (κ1) is 9.25. The topological polar surface area (TPSA) is 64.4 Å². The minimum atomic E-state index is -0.443. The number of halogens is 1. The maximum Gasteiger partial charge on any atom is 0.150 e. The average molecular weight is 179 g/mol. The summed E-state index contributed by atoms with van der Waals surface area (Å²) in [6.45, 7) is 0. The molecule has 4 N–H and O–H groups in total. The van der Waals surface area contributed by atoms with Gasteiger partial charge in [0.25, 0.3) is 0 Å². The lowest BCUT2D eigenvalue weighted by Gasteiger charge is -1.96. The SMILES string of the molecule is NC=CC=Nc1ccc(N)cc1F. The van der Waals surface area contributed by atoms with Gasteiger partial charge in [0.2, 0.25) is 0 Å². The first-order valence-electron chi connectivity index (χ1n) is 3.70. The minimum Gasteiger partial charge on any atom is -0.405 e. The predicted molar refractivity (Wildman–Crippen MR) is 52.3 cm³/mol. The summed E-state index contributed by atoms with van der Waals surface area (Å²) in [5.74, 6) is -0.443. The van der Waals surface area contributed by atoms with Gasteiger partial charge in [-0.25, -0.2) is 4.39 Å². The highest BCUT2D eigenvalue weighted by Gasteiger charge is 1.98. The summed E-state index contributed by atoms with van der Waals surface area (Å²) in [4.78, 5) is 3.81. The Kier molecular flexibility index (Phi) is 3.03. The molecule has 0 aliphatic rings. The quantitative estimate of drug-likeness (QED) is 0.534. The summed E-state index contributed by atoms with van der Waals surface area (Å²) >= 11 is 0. The summed E-state index contributed by atoms with van der Waals surface area (Å²) in [7, 11) is 0. The Morgan fingerprint density at radius 3 is 2.77 bits per heavy atom. The molecule has 0 bridgehead atoms. The van der Waals surface area contributed by atoms with E-state index in [-0.39, 0.29) is 5.69 Å². The van der Waals surface area contributed by atoms with Gasteiger partial charge in [-0.15, -0.1) is 0 Å². The molecule has 0 aromatic heterocycles. The molecule has 0 heterocycles. The highest BCUT2D eigenvalue weighted by Crippen LogP contribution is 2.19. The largest absolute Gasteiger partial charge is 0.405 e. The van der Waals surface area contributed by atoms with Gasteiger partial charge in [-0.1, -0.05) is 0 Å². The summed E-state index contributed by atoms with van der Waals surface area (Å²) in [5.41, 5.74) is 11.0. The van der Waals surface area contributed by atoms with Gasteiger partial charge in [0, 0.05) is 11.9 Å². The summed E-state index contributed by atoms with van der Waals surface area (Å²) in [6.07, 6.45) is 4.24. The van der Waals surface area contributed by atoms with Gasteiger partial charge in [0.1, 0.15) is 0 Å². The molecule has 13 heavy (non-hydrogen) atoms. The molecule has 0 saturated heterocycles. The molecule has 1 rings (SSSR count). The van der Waals surface area contributed by atoms with Crippen LogP contribution < -0.4 is 11.5 Å². The van der Waals surface area contributed by atoms with E-state index in [0.717, 1.165) is 0 Å². The summed E-state index contributed by atoms with van der Waals surface area (Å²) in [6, 6.07) is 4.31. The second kappa shape index (κ2) is 4.25. The highest BCUT2D eigenvalue weighted by molar-refractivity contribution is 5.74. The lowest BCUT2D eigenvalue weighted by atomic mass is 10.3. The van der Waals surface area contributed by atoms with Gasteiger partial charge in [0.15, 0.2) is 5.82 Å². The van der Waals surface area contributed by atoms with E-state index in [4.69, 9.17) is 11.5 Å². The van der Waals surface area contributed by atoms with Crippen LogP contribution in [0.3, 0.4) is 0 Å². The third-order valence-electron chi connectivity index (χ3n) is 1.38. The van der Waals surface area contributed by atoms with Crippen molar-refractivity contribution in [1.29, 1.82) is 0 Å². The third-order valence-corrected chi connectivity index (χ3v) is 1.38. The Balaban J connectivity index is 2.89. The van der Waals surface area contributed by atoms with Crippen molar-refractivity contribution in [1.82, 2.24) is 0 Å². The summed E-state index contributed by atoms with van der Waals surface area (Å²) < 4.78 is 13.0. The molecule has 0 aliphatic heterocycles. The van der Waals surface area contributed by atoms with E-state index in [1.807, 2.05) is 0 Å². The molecule has 0 atom stereocenters. The van der Waals surface area contributed by atoms with Gasteiger partial charge < -0.3 is 11.5 Å². The van der Waals surface area contributed by atoms with Crippen molar-refractivity contribution in [2.24, 2.45) is 10.7 Å². The number of nitrogen functional groups attached to an aromatic ring is 1. The molecule has 3 nitrogen and oxygen atoms in total. The Labute approximate surface area is 75.6 Å². The zero-order chi connectivity index (χ0) is 9.68. The van der Waals surface area contributed by atoms with Crippen LogP contribution in [0.4, 0.5) is 15.8 Å². The average Bonchev–Trinajstić information content (AvgIpc) is 2.09. The number of hydrogen-bond acceptors (Lipinski definition) is 3. The van der Waals surface area contributed by atoms with Crippen LogP contribution in [-0.4, -0.2) is 6.21 Å². The van der Waals surface area contributed by atoms with Crippen molar-refractivity contribution in [3.8, 4) is 0 Å². The molecule has 68 valence electrons. The van der Waals surface area contributed by atoms with E-state index in [1.54, 1.807) is 6.07 Å². The van der Waals surface area contributed by atoms with Crippen molar-refractivity contribution in [2.45, 2.75) is 0 Å². The smallest absolute Gasteiger partial charge is 0.150 e. The van der Waals surface area contributed by atoms with Crippen molar-refractivity contribution < 1.29 is 4.39 Å².